The van der Waals surface area contributed by atoms with Gasteiger partial charge in [-0.1, -0.05) is 65.8 Å². The molecule has 4 heteroatoms. The van der Waals surface area contributed by atoms with Gasteiger partial charge in [-0.05, 0) is 36.1 Å². The Bertz CT molecular complexity index is 753. The molecule has 0 amide bonds. The molecule has 0 unspecified atom stereocenters. The lowest BCUT2D eigenvalue weighted by atomic mass is 10.0. The highest BCUT2D eigenvalue weighted by molar-refractivity contribution is 8.16. The molecule has 0 fully saturated rings. The number of nitrogens with zero attached hydrogens (tertiary/aromatic N) is 2. The smallest absolute Gasteiger partial charge is 0.168 e. The monoisotopic (exact) mass is 340 g/mol. The van der Waals surface area contributed by atoms with E-state index < -0.39 is 0 Å². The summed E-state index contributed by atoms with van der Waals surface area (Å²) in [5.41, 5.74) is 3.85. The van der Waals surface area contributed by atoms with E-state index in [-0.39, 0.29) is 0 Å². The van der Waals surface area contributed by atoms with Crippen LogP contribution in [0, 0.1) is 0 Å². The van der Waals surface area contributed by atoms with Gasteiger partial charge >= 0.3 is 0 Å². The molecule has 0 aliphatic carbocycles. The molecule has 2 aromatic carbocycles. The van der Waals surface area contributed by atoms with Crippen molar-refractivity contribution in [2.24, 2.45) is 4.99 Å². The summed E-state index contributed by atoms with van der Waals surface area (Å²) in [7, 11) is 0. The van der Waals surface area contributed by atoms with E-state index >= 15 is 0 Å². The Hall–Kier alpha value is -1.71. The van der Waals surface area contributed by atoms with E-state index in [0.29, 0.717) is 6.04 Å². The first-order chi connectivity index (χ1) is 11.3. The normalized spacial score (nSPS) is 19.5. The Morgan fingerprint density at radius 3 is 2.65 bits per heavy atom. The van der Waals surface area contributed by atoms with E-state index in [4.69, 9.17) is 16.6 Å². The fourth-order valence-electron chi connectivity index (χ4n) is 3.08. The molecular formula is C19H17ClN2S. The summed E-state index contributed by atoms with van der Waals surface area (Å²) in [6.45, 7) is 0.889. The molecule has 2 aromatic rings. The summed E-state index contributed by atoms with van der Waals surface area (Å²) in [6.07, 6.45) is 2.20. The van der Waals surface area contributed by atoms with Crippen molar-refractivity contribution in [3.8, 4) is 0 Å². The second-order valence-corrected chi connectivity index (χ2v) is 7.07. The van der Waals surface area contributed by atoms with Gasteiger partial charge in [-0.2, -0.15) is 0 Å². The largest absolute Gasteiger partial charge is 0.315 e. The Balaban J connectivity index is 1.50. The minimum atomic E-state index is 0.446. The predicted molar refractivity (Wildman–Crippen MR) is 99.7 cm³/mol. The molecule has 0 saturated heterocycles. The van der Waals surface area contributed by atoms with Crippen molar-refractivity contribution in [3.05, 3.63) is 76.2 Å². The lowest BCUT2D eigenvalue weighted by Gasteiger charge is -2.26. The lowest BCUT2D eigenvalue weighted by molar-refractivity contribution is 0.437. The number of amidine groups is 1. The molecule has 0 aromatic heterocycles. The molecular weight excluding hydrogens is 324 g/mol. The molecule has 2 aliphatic heterocycles. The zero-order valence-electron chi connectivity index (χ0n) is 12.7. The van der Waals surface area contributed by atoms with E-state index in [9.17, 15) is 0 Å². The molecule has 0 bridgehead atoms. The molecule has 2 heterocycles. The topological polar surface area (TPSA) is 15.6 Å². The van der Waals surface area contributed by atoms with Crippen LogP contribution in [0.2, 0.25) is 5.02 Å². The van der Waals surface area contributed by atoms with Crippen LogP contribution in [0.1, 0.15) is 17.5 Å². The highest BCUT2D eigenvalue weighted by Crippen LogP contribution is 2.39. The van der Waals surface area contributed by atoms with E-state index in [0.717, 1.165) is 29.6 Å². The van der Waals surface area contributed by atoms with Gasteiger partial charge in [0.1, 0.15) is 0 Å². The van der Waals surface area contributed by atoms with E-state index in [1.54, 1.807) is 11.8 Å². The van der Waals surface area contributed by atoms with E-state index in [1.807, 2.05) is 12.1 Å². The first-order valence-corrected chi connectivity index (χ1v) is 9.07. The Morgan fingerprint density at radius 2 is 1.87 bits per heavy atom. The number of aryl methyl sites for hydroxylation is 1. The van der Waals surface area contributed by atoms with Gasteiger partial charge in [-0.25, -0.2) is 0 Å². The van der Waals surface area contributed by atoms with Gasteiger partial charge in [0, 0.05) is 10.4 Å². The molecule has 2 nitrogen and oxygen atoms in total. The SMILES string of the molecule is Clc1ccc(C2=CSC3=NC[C@@H](CCc4ccccc4)N23)cc1. The number of benzene rings is 2. The van der Waals surface area contributed by atoms with Crippen LogP contribution in [-0.4, -0.2) is 22.7 Å². The van der Waals surface area contributed by atoms with Crippen LogP contribution in [0.3, 0.4) is 0 Å². The van der Waals surface area contributed by atoms with E-state index in [1.165, 1.54) is 16.8 Å². The number of hydrogen-bond acceptors (Lipinski definition) is 3. The van der Waals surface area contributed by atoms with Crippen LogP contribution in [0.25, 0.3) is 5.70 Å². The third kappa shape index (κ3) is 3.04. The highest BCUT2D eigenvalue weighted by atomic mass is 35.5. The summed E-state index contributed by atoms with van der Waals surface area (Å²) < 4.78 is 0. The van der Waals surface area contributed by atoms with Crippen molar-refractivity contribution in [2.45, 2.75) is 18.9 Å². The zero-order valence-corrected chi connectivity index (χ0v) is 14.2. The maximum atomic E-state index is 6.01. The first-order valence-electron chi connectivity index (χ1n) is 7.81. The maximum absolute atomic E-state index is 6.01. The number of thioether (sulfide) groups is 1. The number of aliphatic imine (C=N–C) groups is 1. The molecule has 2 aliphatic rings. The molecule has 0 spiro atoms. The highest BCUT2D eigenvalue weighted by Gasteiger charge is 2.34. The van der Waals surface area contributed by atoms with Crippen molar-refractivity contribution >= 4 is 34.2 Å². The molecule has 1 atom stereocenters. The average molecular weight is 341 g/mol. The third-order valence-electron chi connectivity index (χ3n) is 4.29. The van der Waals surface area contributed by atoms with Gasteiger partial charge < -0.3 is 4.90 Å². The van der Waals surface area contributed by atoms with Crippen LogP contribution in [0.4, 0.5) is 0 Å². The maximum Gasteiger partial charge on any atom is 0.168 e. The van der Waals surface area contributed by atoms with Crippen molar-refractivity contribution in [1.29, 1.82) is 0 Å². The Morgan fingerprint density at radius 1 is 1.09 bits per heavy atom. The minimum Gasteiger partial charge on any atom is -0.315 e. The third-order valence-corrected chi connectivity index (χ3v) is 5.42. The number of rotatable bonds is 4. The van der Waals surface area contributed by atoms with Gasteiger partial charge in [0.2, 0.25) is 0 Å². The van der Waals surface area contributed by atoms with E-state index in [2.05, 4.69) is 52.8 Å². The molecule has 0 saturated carbocycles. The van der Waals surface area contributed by atoms with Crippen molar-refractivity contribution in [3.63, 3.8) is 0 Å². The fraction of sp³-hybridized carbons (Fsp3) is 0.211. The number of halogens is 1. The van der Waals surface area contributed by atoms with Crippen molar-refractivity contribution in [1.82, 2.24) is 4.90 Å². The van der Waals surface area contributed by atoms with Gasteiger partial charge in [-0.3, -0.25) is 4.99 Å². The number of hydrogen-bond donors (Lipinski definition) is 0. The predicted octanol–water partition coefficient (Wildman–Crippen LogP) is 5.06. The summed E-state index contributed by atoms with van der Waals surface area (Å²) in [6, 6.07) is 19.2. The van der Waals surface area contributed by atoms with Crippen molar-refractivity contribution < 1.29 is 0 Å². The number of fused-ring (bicyclic) bond motifs is 1. The molecule has 0 N–H and O–H groups in total. The van der Waals surface area contributed by atoms with Gasteiger partial charge in [-0.15, -0.1) is 0 Å². The first kappa shape index (κ1) is 14.9. The Kier molecular flexibility index (Phi) is 4.15. The van der Waals surface area contributed by atoms with Gasteiger partial charge in [0.15, 0.2) is 5.17 Å². The summed E-state index contributed by atoms with van der Waals surface area (Å²) in [5, 5.41) is 4.11. The molecule has 0 radical (unpaired) electrons. The summed E-state index contributed by atoms with van der Waals surface area (Å²) in [5.74, 6) is 0. The van der Waals surface area contributed by atoms with Crippen LogP contribution >= 0.6 is 23.4 Å². The lowest BCUT2D eigenvalue weighted by Crippen LogP contribution is -2.32. The zero-order chi connectivity index (χ0) is 15.6. The van der Waals surface area contributed by atoms with Crippen LogP contribution in [0.15, 0.2) is 65.0 Å². The second-order valence-electron chi connectivity index (χ2n) is 5.80. The summed E-state index contributed by atoms with van der Waals surface area (Å²) in [4.78, 5) is 7.11. The Labute approximate surface area is 145 Å². The molecule has 116 valence electrons. The molecule has 4 rings (SSSR count). The second kappa shape index (κ2) is 6.42. The summed E-state index contributed by atoms with van der Waals surface area (Å²) >= 11 is 7.74. The minimum absolute atomic E-state index is 0.446. The quantitative estimate of drug-likeness (QED) is 0.773. The van der Waals surface area contributed by atoms with Gasteiger partial charge in [0.05, 0.1) is 18.3 Å². The van der Waals surface area contributed by atoms with Crippen molar-refractivity contribution in [2.75, 3.05) is 6.54 Å². The fourth-order valence-corrected chi connectivity index (χ4v) is 4.19. The average Bonchev–Trinajstić information content (AvgIpc) is 3.17. The van der Waals surface area contributed by atoms with Crippen LogP contribution in [0.5, 0.6) is 0 Å². The van der Waals surface area contributed by atoms with Crippen LogP contribution in [-0.2, 0) is 6.42 Å². The van der Waals surface area contributed by atoms with Gasteiger partial charge in [0.25, 0.3) is 0 Å². The molecule has 23 heavy (non-hydrogen) atoms. The standard InChI is InChI=1S/C19H17ClN2S/c20-16-9-7-15(8-10-16)18-13-23-19-21-12-17(22(18)19)11-6-14-4-2-1-3-5-14/h1-5,7-10,13,17H,6,11-12H2/t17-/m1/s1. The van der Waals surface area contributed by atoms with Crippen LogP contribution < -0.4 is 0 Å².